The zero-order valence-corrected chi connectivity index (χ0v) is 12.7. The molecule has 2 aromatic rings. The van der Waals surface area contributed by atoms with Crippen molar-refractivity contribution in [3.63, 3.8) is 0 Å². The number of pyridine rings is 1. The summed E-state index contributed by atoms with van der Waals surface area (Å²) in [7, 11) is 0. The number of carbonyl (C=O) groups excluding carboxylic acids is 1. The first-order valence-corrected chi connectivity index (χ1v) is 7.46. The van der Waals surface area contributed by atoms with E-state index < -0.39 is 0 Å². The van der Waals surface area contributed by atoms with Gasteiger partial charge >= 0.3 is 0 Å². The number of amides is 1. The number of aromatic nitrogens is 1. The lowest BCUT2D eigenvalue weighted by atomic mass is 10.2. The van der Waals surface area contributed by atoms with Crippen LogP contribution < -0.4 is 5.32 Å². The Morgan fingerprint density at radius 1 is 1.23 bits per heavy atom. The van der Waals surface area contributed by atoms with E-state index in [1.807, 2.05) is 12.1 Å². The number of benzene rings is 1. The molecule has 3 rings (SSSR count). The van der Waals surface area contributed by atoms with Crippen LogP contribution in [0.1, 0.15) is 10.4 Å². The molecule has 0 saturated carbocycles. The fraction of sp³-hybridized carbons (Fsp3) is 0.250. The Morgan fingerprint density at radius 2 is 2.05 bits per heavy atom. The number of nitrogens with zero attached hydrogens (tertiary/aromatic N) is 2. The van der Waals surface area contributed by atoms with Gasteiger partial charge in [0.1, 0.15) is 5.82 Å². The summed E-state index contributed by atoms with van der Waals surface area (Å²) in [6.45, 7) is 2.35. The highest BCUT2D eigenvalue weighted by atomic mass is 35.5. The van der Waals surface area contributed by atoms with E-state index in [9.17, 15) is 4.79 Å². The lowest BCUT2D eigenvalue weighted by molar-refractivity contribution is 0.0303. The van der Waals surface area contributed by atoms with Crippen molar-refractivity contribution in [2.24, 2.45) is 0 Å². The first-order valence-electron chi connectivity index (χ1n) is 7.09. The summed E-state index contributed by atoms with van der Waals surface area (Å²) in [5.74, 6) is 0.488. The molecule has 1 fully saturated rings. The largest absolute Gasteiger partial charge is 0.378 e. The molecule has 0 radical (unpaired) electrons. The van der Waals surface area contributed by atoms with Crippen LogP contribution in [0.4, 0.5) is 11.5 Å². The standard InChI is InChI=1S/C16H16ClN3O2/c17-12-3-1-4-13(11-12)19-15-14(5-2-6-18-15)16(21)20-7-9-22-10-8-20/h1-6,11H,7-10H2,(H,18,19). The fourth-order valence-electron chi connectivity index (χ4n) is 2.32. The average Bonchev–Trinajstić information content (AvgIpc) is 2.56. The van der Waals surface area contributed by atoms with Gasteiger partial charge in [-0.15, -0.1) is 0 Å². The molecule has 0 aliphatic carbocycles. The van der Waals surface area contributed by atoms with Gasteiger partial charge in [0.05, 0.1) is 18.8 Å². The van der Waals surface area contributed by atoms with E-state index >= 15 is 0 Å². The molecule has 6 heteroatoms. The number of ether oxygens (including phenoxy) is 1. The Bertz CT molecular complexity index is 672. The Morgan fingerprint density at radius 3 is 2.82 bits per heavy atom. The fourth-order valence-corrected chi connectivity index (χ4v) is 2.51. The summed E-state index contributed by atoms with van der Waals surface area (Å²) in [6, 6.07) is 10.8. The number of rotatable bonds is 3. The molecule has 0 unspecified atom stereocenters. The minimum atomic E-state index is -0.0408. The van der Waals surface area contributed by atoms with E-state index in [0.29, 0.717) is 42.7 Å². The first kappa shape index (κ1) is 14.8. The van der Waals surface area contributed by atoms with Crippen LogP contribution in [-0.4, -0.2) is 42.1 Å². The normalized spacial score (nSPS) is 14.7. The quantitative estimate of drug-likeness (QED) is 0.945. The molecule has 1 aliphatic heterocycles. The van der Waals surface area contributed by atoms with E-state index in [1.54, 1.807) is 35.4 Å². The van der Waals surface area contributed by atoms with Crippen LogP contribution in [0, 0.1) is 0 Å². The van der Waals surface area contributed by atoms with Crippen molar-refractivity contribution in [2.45, 2.75) is 0 Å². The van der Waals surface area contributed by atoms with Gasteiger partial charge in [0.15, 0.2) is 0 Å². The third kappa shape index (κ3) is 3.37. The van der Waals surface area contributed by atoms with E-state index in [0.717, 1.165) is 5.69 Å². The zero-order valence-electron chi connectivity index (χ0n) is 12.0. The summed E-state index contributed by atoms with van der Waals surface area (Å²) in [6.07, 6.45) is 1.66. The van der Waals surface area contributed by atoms with Gasteiger partial charge in [-0.3, -0.25) is 4.79 Å². The van der Waals surface area contributed by atoms with Crippen molar-refractivity contribution >= 4 is 29.0 Å². The summed E-state index contributed by atoms with van der Waals surface area (Å²) in [5.41, 5.74) is 1.34. The lowest BCUT2D eigenvalue weighted by Gasteiger charge is -2.27. The van der Waals surface area contributed by atoms with Crippen molar-refractivity contribution in [1.29, 1.82) is 0 Å². The van der Waals surface area contributed by atoms with Gasteiger partial charge in [0.25, 0.3) is 5.91 Å². The van der Waals surface area contributed by atoms with Crippen molar-refractivity contribution in [1.82, 2.24) is 9.88 Å². The summed E-state index contributed by atoms with van der Waals surface area (Å²) in [5, 5.41) is 3.79. The topological polar surface area (TPSA) is 54.5 Å². The third-order valence-electron chi connectivity index (χ3n) is 3.42. The molecule has 1 N–H and O–H groups in total. The van der Waals surface area contributed by atoms with Gasteiger partial charge in [-0.1, -0.05) is 17.7 Å². The van der Waals surface area contributed by atoms with Crippen LogP contribution in [-0.2, 0) is 4.74 Å². The zero-order chi connectivity index (χ0) is 15.4. The van der Waals surface area contributed by atoms with Gasteiger partial charge in [-0.25, -0.2) is 4.98 Å². The number of hydrogen-bond acceptors (Lipinski definition) is 4. The minimum Gasteiger partial charge on any atom is -0.378 e. The van der Waals surface area contributed by atoms with Crippen molar-refractivity contribution in [3.8, 4) is 0 Å². The van der Waals surface area contributed by atoms with E-state index in [4.69, 9.17) is 16.3 Å². The molecule has 22 heavy (non-hydrogen) atoms. The third-order valence-corrected chi connectivity index (χ3v) is 3.66. The molecule has 114 valence electrons. The van der Waals surface area contributed by atoms with E-state index in [2.05, 4.69) is 10.3 Å². The van der Waals surface area contributed by atoms with Crippen molar-refractivity contribution in [2.75, 3.05) is 31.6 Å². The monoisotopic (exact) mass is 317 g/mol. The number of anilines is 2. The second kappa shape index (κ2) is 6.77. The number of halogens is 1. The molecule has 1 aromatic carbocycles. The predicted octanol–water partition coefficient (Wildman–Crippen LogP) is 2.95. The molecule has 0 bridgehead atoms. The maximum atomic E-state index is 12.6. The van der Waals surface area contributed by atoms with Gasteiger partial charge < -0.3 is 15.0 Å². The molecule has 0 atom stereocenters. The van der Waals surface area contributed by atoms with E-state index in [1.165, 1.54) is 0 Å². The highest BCUT2D eigenvalue weighted by Crippen LogP contribution is 2.22. The Labute approximate surface area is 133 Å². The SMILES string of the molecule is O=C(c1cccnc1Nc1cccc(Cl)c1)N1CCOCC1. The Hall–Kier alpha value is -2.11. The van der Waals surface area contributed by atoms with Crippen LogP contribution >= 0.6 is 11.6 Å². The molecule has 2 heterocycles. The molecule has 5 nitrogen and oxygen atoms in total. The molecule has 0 spiro atoms. The first-order chi connectivity index (χ1) is 10.7. The van der Waals surface area contributed by atoms with Crippen LogP contribution in [0.5, 0.6) is 0 Å². The van der Waals surface area contributed by atoms with Gasteiger partial charge in [-0.2, -0.15) is 0 Å². The highest BCUT2D eigenvalue weighted by molar-refractivity contribution is 6.30. The Kier molecular flexibility index (Phi) is 4.56. The predicted molar refractivity (Wildman–Crippen MR) is 85.7 cm³/mol. The second-order valence-corrected chi connectivity index (χ2v) is 5.38. The lowest BCUT2D eigenvalue weighted by Crippen LogP contribution is -2.40. The highest BCUT2D eigenvalue weighted by Gasteiger charge is 2.21. The molecule has 1 amide bonds. The minimum absolute atomic E-state index is 0.0408. The molecular formula is C16H16ClN3O2. The Balaban J connectivity index is 1.84. The van der Waals surface area contributed by atoms with Crippen LogP contribution in [0.3, 0.4) is 0 Å². The average molecular weight is 318 g/mol. The van der Waals surface area contributed by atoms with Gasteiger partial charge in [0, 0.05) is 30.0 Å². The maximum Gasteiger partial charge on any atom is 0.257 e. The number of nitrogens with one attached hydrogen (secondary N) is 1. The number of carbonyl (C=O) groups is 1. The maximum absolute atomic E-state index is 12.6. The molecule has 1 aromatic heterocycles. The van der Waals surface area contributed by atoms with Gasteiger partial charge in [0.2, 0.25) is 0 Å². The number of hydrogen-bond donors (Lipinski definition) is 1. The molecular weight excluding hydrogens is 302 g/mol. The smallest absolute Gasteiger partial charge is 0.257 e. The summed E-state index contributed by atoms with van der Waals surface area (Å²) < 4.78 is 5.29. The summed E-state index contributed by atoms with van der Waals surface area (Å²) in [4.78, 5) is 18.7. The second-order valence-electron chi connectivity index (χ2n) is 4.94. The van der Waals surface area contributed by atoms with Gasteiger partial charge in [-0.05, 0) is 30.3 Å². The van der Waals surface area contributed by atoms with Crippen LogP contribution in [0.2, 0.25) is 5.02 Å². The van der Waals surface area contributed by atoms with Crippen molar-refractivity contribution < 1.29 is 9.53 Å². The summed E-state index contributed by atoms with van der Waals surface area (Å²) >= 11 is 5.99. The van der Waals surface area contributed by atoms with Crippen LogP contribution in [0.25, 0.3) is 0 Å². The molecule has 1 aliphatic rings. The van der Waals surface area contributed by atoms with E-state index in [-0.39, 0.29) is 5.91 Å². The number of morpholine rings is 1. The van der Waals surface area contributed by atoms with Crippen LogP contribution in [0.15, 0.2) is 42.6 Å². The molecule has 1 saturated heterocycles. The van der Waals surface area contributed by atoms with Crippen molar-refractivity contribution in [3.05, 3.63) is 53.2 Å².